The lowest BCUT2D eigenvalue weighted by molar-refractivity contribution is -0.0266. The van der Waals surface area contributed by atoms with Crippen molar-refractivity contribution in [1.82, 2.24) is 0 Å². The van der Waals surface area contributed by atoms with Crippen LogP contribution in [0.25, 0.3) is 0 Å². The average molecular weight is 233 g/mol. The maximum absolute atomic E-state index is 10.0. The molecule has 3 heteroatoms. The van der Waals surface area contributed by atoms with E-state index in [1.165, 1.54) is 0 Å². The van der Waals surface area contributed by atoms with E-state index in [4.69, 9.17) is 10.00 Å². The molecule has 0 radical (unpaired) electrons. The maximum Gasteiger partial charge on any atom is 0.119 e. The molecule has 1 N–H and O–H groups in total. The Morgan fingerprint density at radius 3 is 2.41 bits per heavy atom. The van der Waals surface area contributed by atoms with E-state index in [-0.39, 0.29) is 12.5 Å². The first-order chi connectivity index (χ1) is 7.95. The van der Waals surface area contributed by atoms with Gasteiger partial charge in [-0.15, -0.1) is 0 Å². The SMILES string of the molecule is CC(C)C(C)(O)COc1ccc(CC#N)cc1. The molecule has 0 aromatic heterocycles. The third kappa shape index (κ3) is 4.08. The second-order valence-corrected chi connectivity index (χ2v) is 4.78. The van der Waals surface area contributed by atoms with Crippen molar-refractivity contribution in [2.24, 2.45) is 5.92 Å². The second kappa shape index (κ2) is 5.70. The summed E-state index contributed by atoms with van der Waals surface area (Å²) in [7, 11) is 0. The number of benzene rings is 1. The molecule has 0 aliphatic rings. The molecule has 0 saturated heterocycles. The van der Waals surface area contributed by atoms with Crippen LogP contribution in [0.2, 0.25) is 0 Å². The van der Waals surface area contributed by atoms with E-state index in [1.807, 2.05) is 38.1 Å². The molecule has 92 valence electrons. The molecule has 0 heterocycles. The van der Waals surface area contributed by atoms with Crippen LogP contribution in [0.15, 0.2) is 24.3 Å². The van der Waals surface area contributed by atoms with E-state index in [1.54, 1.807) is 6.92 Å². The Morgan fingerprint density at radius 1 is 1.35 bits per heavy atom. The zero-order valence-corrected chi connectivity index (χ0v) is 10.6. The number of nitrogens with zero attached hydrogens (tertiary/aromatic N) is 1. The molecule has 0 fully saturated rings. The summed E-state index contributed by atoms with van der Waals surface area (Å²) in [5.41, 5.74) is 0.140. The minimum atomic E-state index is -0.828. The smallest absolute Gasteiger partial charge is 0.119 e. The van der Waals surface area contributed by atoms with E-state index in [2.05, 4.69) is 6.07 Å². The Morgan fingerprint density at radius 2 is 1.94 bits per heavy atom. The molecule has 1 rings (SSSR count). The van der Waals surface area contributed by atoms with Gasteiger partial charge in [-0.05, 0) is 30.5 Å². The summed E-state index contributed by atoms with van der Waals surface area (Å²) in [6.07, 6.45) is 0.407. The van der Waals surface area contributed by atoms with Crippen LogP contribution in [-0.2, 0) is 6.42 Å². The van der Waals surface area contributed by atoms with Gasteiger partial charge in [0.25, 0.3) is 0 Å². The molecule has 0 amide bonds. The standard InChI is InChI=1S/C14H19NO2/c1-11(2)14(3,16)10-17-13-6-4-12(5-7-13)8-9-15/h4-7,11,16H,8,10H2,1-3H3. The van der Waals surface area contributed by atoms with Crippen LogP contribution < -0.4 is 4.74 Å². The lowest BCUT2D eigenvalue weighted by atomic mass is 9.94. The van der Waals surface area contributed by atoms with Crippen molar-refractivity contribution in [2.75, 3.05) is 6.61 Å². The van der Waals surface area contributed by atoms with Gasteiger partial charge in [-0.2, -0.15) is 5.26 Å². The fourth-order valence-corrected chi connectivity index (χ4v) is 1.19. The highest BCUT2D eigenvalue weighted by Crippen LogP contribution is 2.19. The van der Waals surface area contributed by atoms with E-state index in [0.29, 0.717) is 12.2 Å². The van der Waals surface area contributed by atoms with E-state index < -0.39 is 5.60 Å². The third-order valence-corrected chi connectivity index (χ3v) is 2.98. The minimum absolute atomic E-state index is 0.139. The van der Waals surface area contributed by atoms with Crippen molar-refractivity contribution in [1.29, 1.82) is 5.26 Å². The summed E-state index contributed by atoms with van der Waals surface area (Å²) < 4.78 is 5.53. The Hall–Kier alpha value is -1.53. The van der Waals surface area contributed by atoms with Crippen molar-refractivity contribution < 1.29 is 9.84 Å². The molecule has 17 heavy (non-hydrogen) atoms. The molecule has 0 bridgehead atoms. The van der Waals surface area contributed by atoms with Crippen LogP contribution >= 0.6 is 0 Å². The van der Waals surface area contributed by atoms with Gasteiger partial charge in [-0.1, -0.05) is 26.0 Å². The Balaban J connectivity index is 2.56. The van der Waals surface area contributed by atoms with Crippen molar-refractivity contribution in [3.05, 3.63) is 29.8 Å². The third-order valence-electron chi connectivity index (χ3n) is 2.98. The number of aliphatic hydroxyl groups is 1. The molecule has 1 aromatic carbocycles. The van der Waals surface area contributed by atoms with Crippen LogP contribution in [0.1, 0.15) is 26.3 Å². The van der Waals surface area contributed by atoms with Gasteiger partial charge >= 0.3 is 0 Å². The topological polar surface area (TPSA) is 53.2 Å². The predicted octanol–water partition coefficient (Wildman–Crippen LogP) is 2.54. The summed E-state index contributed by atoms with van der Waals surface area (Å²) >= 11 is 0. The fraction of sp³-hybridized carbons (Fsp3) is 0.500. The Bertz CT molecular complexity index is 388. The normalized spacial score (nSPS) is 14.1. The number of hydrogen-bond donors (Lipinski definition) is 1. The number of ether oxygens (including phenoxy) is 1. The summed E-state index contributed by atoms with van der Waals surface area (Å²) in [4.78, 5) is 0. The van der Waals surface area contributed by atoms with Crippen LogP contribution in [0.4, 0.5) is 0 Å². The van der Waals surface area contributed by atoms with Crippen LogP contribution in [0, 0.1) is 17.2 Å². The van der Waals surface area contributed by atoms with Crippen LogP contribution in [0.3, 0.4) is 0 Å². The zero-order valence-electron chi connectivity index (χ0n) is 10.6. The maximum atomic E-state index is 10.0. The number of nitriles is 1. The average Bonchev–Trinajstić information content (AvgIpc) is 2.28. The van der Waals surface area contributed by atoms with Gasteiger partial charge in [0.2, 0.25) is 0 Å². The molecule has 1 atom stereocenters. The molecule has 0 saturated carbocycles. The summed E-state index contributed by atoms with van der Waals surface area (Å²) in [6, 6.07) is 9.47. The first-order valence-corrected chi connectivity index (χ1v) is 5.77. The minimum Gasteiger partial charge on any atom is -0.491 e. The first-order valence-electron chi connectivity index (χ1n) is 5.77. The lowest BCUT2D eigenvalue weighted by Gasteiger charge is -2.27. The summed E-state index contributed by atoms with van der Waals surface area (Å²) in [5.74, 6) is 0.855. The summed E-state index contributed by atoms with van der Waals surface area (Å²) in [6.45, 7) is 5.95. The van der Waals surface area contributed by atoms with Crippen molar-refractivity contribution in [3.63, 3.8) is 0 Å². The fourth-order valence-electron chi connectivity index (χ4n) is 1.19. The largest absolute Gasteiger partial charge is 0.491 e. The second-order valence-electron chi connectivity index (χ2n) is 4.78. The highest BCUT2D eigenvalue weighted by Gasteiger charge is 2.25. The van der Waals surface area contributed by atoms with Crippen molar-refractivity contribution >= 4 is 0 Å². The highest BCUT2D eigenvalue weighted by atomic mass is 16.5. The number of hydrogen-bond acceptors (Lipinski definition) is 3. The van der Waals surface area contributed by atoms with Gasteiger partial charge in [-0.3, -0.25) is 0 Å². The van der Waals surface area contributed by atoms with Crippen LogP contribution in [0.5, 0.6) is 5.75 Å². The Labute approximate surface area is 103 Å². The molecule has 0 spiro atoms. The van der Waals surface area contributed by atoms with Gasteiger partial charge in [-0.25, -0.2) is 0 Å². The van der Waals surface area contributed by atoms with Crippen molar-refractivity contribution in [2.45, 2.75) is 32.8 Å². The Kier molecular flexibility index (Phi) is 4.53. The van der Waals surface area contributed by atoms with Gasteiger partial charge in [0.1, 0.15) is 12.4 Å². The van der Waals surface area contributed by atoms with E-state index >= 15 is 0 Å². The van der Waals surface area contributed by atoms with Gasteiger partial charge in [0.15, 0.2) is 0 Å². The monoisotopic (exact) mass is 233 g/mol. The quantitative estimate of drug-likeness (QED) is 0.850. The van der Waals surface area contributed by atoms with Gasteiger partial charge < -0.3 is 9.84 Å². The molecule has 1 unspecified atom stereocenters. The summed E-state index contributed by atoms with van der Waals surface area (Å²) in [5, 5.41) is 18.6. The molecule has 1 aromatic rings. The first kappa shape index (κ1) is 13.5. The molecule has 0 aliphatic carbocycles. The molecule has 0 aliphatic heterocycles. The number of rotatable bonds is 5. The predicted molar refractivity (Wildman–Crippen MR) is 66.7 cm³/mol. The van der Waals surface area contributed by atoms with Gasteiger partial charge in [0, 0.05) is 0 Å². The molecular weight excluding hydrogens is 214 g/mol. The van der Waals surface area contributed by atoms with E-state index in [0.717, 1.165) is 5.56 Å². The van der Waals surface area contributed by atoms with Crippen molar-refractivity contribution in [3.8, 4) is 11.8 Å². The van der Waals surface area contributed by atoms with Crippen LogP contribution in [-0.4, -0.2) is 17.3 Å². The highest BCUT2D eigenvalue weighted by molar-refractivity contribution is 5.28. The zero-order chi connectivity index (χ0) is 12.9. The molecular formula is C14H19NO2. The van der Waals surface area contributed by atoms with Gasteiger partial charge in [0.05, 0.1) is 18.1 Å². The molecule has 3 nitrogen and oxygen atoms in total. The van der Waals surface area contributed by atoms with E-state index in [9.17, 15) is 5.11 Å². The lowest BCUT2D eigenvalue weighted by Crippen LogP contribution is -2.37.